The highest BCUT2D eigenvalue weighted by atomic mass is 16.5. The Hall–Kier alpha value is -3.66. The number of imidazole rings is 1. The van der Waals surface area contributed by atoms with E-state index in [2.05, 4.69) is 30.3 Å². The Balaban J connectivity index is 1.76. The highest BCUT2D eigenvalue weighted by Crippen LogP contribution is 2.19. The number of hydrogen-bond donors (Lipinski definition) is 5. The number of fused-ring (bicyclic) bond motifs is 1. The Morgan fingerprint density at radius 3 is 2.61 bits per heavy atom. The van der Waals surface area contributed by atoms with Crippen molar-refractivity contribution in [3.63, 3.8) is 0 Å². The molecule has 1 aromatic carbocycles. The number of para-hydroxylation sites is 1. The van der Waals surface area contributed by atoms with Crippen LogP contribution in [0, 0.1) is 0 Å². The topological polar surface area (TPSA) is 155 Å². The van der Waals surface area contributed by atoms with Crippen LogP contribution in [-0.2, 0) is 32.0 Å². The van der Waals surface area contributed by atoms with Crippen LogP contribution in [0.3, 0.4) is 0 Å². The first-order valence-electron chi connectivity index (χ1n) is 9.85. The molecular weight excluding hydrogens is 400 g/mol. The summed E-state index contributed by atoms with van der Waals surface area (Å²) in [6.07, 6.45) is 5.34. The zero-order valence-corrected chi connectivity index (χ0v) is 17.3. The molecular formula is C21H26N6O4. The number of amides is 2. The molecule has 0 saturated heterocycles. The molecule has 0 spiro atoms. The van der Waals surface area contributed by atoms with Crippen molar-refractivity contribution >= 4 is 28.7 Å². The van der Waals surface area contributed by atoms with Crippen LogP contribution in [0.25, 0.3) is 10.9 Å². The van der Waals surface area contributed by atoms with Crippen molar-refractivity contribution in [2.45, 2.75) is 37.9 Å². The Labute approximate surface area is 178 Å². The van der Waals surface area contributed by atoms with Gasteiger partial charge in [-0.05, 0) is 18.6 Å². The van der Waals surface area contributed by atoms with E-state index in [1.54, 1.807) is 12.4 Å². The number of nitrogens with zero attached hydrogens (tertiary/aromatic N) is 1. The third-order valence-electron chi connectivity index (χ3n) is 4.98. The van der Waals surface area contributed by atoms with Crippen LogP contribution < -0.4 is 16.4 Å². The quantitative estimate of drug-likeness (QED) is 0.307. The predicted molar refractivity (Wildman–Crippen MR) is 114 cm³/mol. The van der Waals surface area contributed by atoms with Gasteiger partial charge in [0, 0.05) is 41.8 Å². The second-order valence-electron chi connectivity index (χ2n) is 7.27. The van der Waals surface area contributed by atoms with Crippen LogP contribution in [-0.4, -0.2) is 58.0 Å². The lowest BCUT2D eigenvalue weighted by molar-refractivity contribution is -0.144. The van der Waals surface area contributed by atoms with Gasteiger partial charge in [0.15, 0.2) is 0 Å². The minimum Gasteiger partial charge on any atom is -0.467 e. The molecule has 3 aromatic rings. The molecule has 164 valence electrons. The number of aromatic nitrogens is 3. The first kappa shape index (κ1) is 22.0. The largest absolute Gasteiger partial charge is 0.467 e. The summed E-state index contributed by atoms with van der Waals surface area (Å²) in [4.78, 5) is 47.3. The molecule has 6 N–H and O–H groups in total. The van der Waals surface area contributed by atoms with E-state index < -0.39 is 35.9 Å². The van der Waals surface area contributed by atoms with E-state index in [1.807, 2.05) is 24.3 Å². The van der Waals surface area contributed by atoms with E-state index in [1.165, 1.54) is 20.4 Å². The van der Waals surface area contributed by atoms with Gasteiger partial charge in [0.2, 0.25) is 11.8 Å². The van der Waals surface area contributed by atoms with Gasteiger partial charge < -0.3 is 31.1 Å². The Kier molecular flexibility index (Phi) is 7.03. The van der Waals surface area contributed by atoms with Gasteiger partial charge in [-0.2, -0.15) is 0 Å². The van der Waals surface area contributed by atoms with Gasteiger partial charge in [-0.3, -0.25) is 9.59 Å². The van der Waals surface area contributed by atoms with Crippen molar-refractivity contribution in [1.82, 2.24) is 25.6 Å². The standard InChI is InChI=1S/C21H26N6O4/c1-12(21(30)31-2)26-20(29)18(7-13-9-24-17-6-4-3-5-15(13)17)27-19(28)16(22)8-14-10-23-11-25-14/h3-6,9-12,16,18,24H,7-8,22H2,1-2H3,(H,23,25)(H,26,29)(H,27,28)/t12?,16?,18-/m1/s1. The average molecular weight is 426 g/mol. The van der Waals surface area contributed by atoms with Gasteiger partial charge in [-0.1, -0.05) is 18.2 Å². The number of aromatic amines is 2. The molecule has 0 fully saturated rings. The van der Waals surface area contributed by atoms with E-state index in [9.17, 15) is 14.4 Å². The number of hydrogen-bond acceptors (Lipinski definition) is 6. The molecule has 0 aliphatic heterocycles. The molecule has 0 saturated carbocycles. The third kappa shape index (κ3) is 5.48. The Bertz CT molecular complexity index is 1050. The lowest BCUT2D eigenvalue weighted by atomic mass is 10.0. The number of benzene rings is 1. The minimum absolute atomic E-state index is 0.215. The van der Waals surface area contributed by atoms with Crippen molar-refractivity contribution in [3.8, 4) is 0 Å². The summed E-state index contributed by atoms with van der Waals surface area (Å²) >= 11 is 0. The van der Waals surface area contributed by atoms with Gasteiger partial charge in [0.1, 0.15) is 12.1 Å². The molecule has 10 nitrogen and oxygen atoms in total. The van der Waals surface area contributed by atoms with Crippen LogP contribution in [0.4, 0.5) is 0 Å². The van der Waals surface area contributed by atoms with E-state index >= 15 is 0 Å². The number of carbonyl (C=O) groups excluding carboxylic acids is 3. The number of ether oxygens (including phenoxy) is 1. The molecule has 31 heavy (non-hydrogen) atoms. The summed E-state index contributed by atoms with van der Waals surface area (Å²) in [5.41, 5.74) is 8.50. The number of methoxy groups -OCH3 is 1. The summed E-state index contributed by atoms with van der Waals surface area (Å²) in [5.74, 6) is -1.58. The second kappa shape index (κ2) is 9.90. The number of nitrogens with one attached hydrogen (secondary N) is 4. The summed E-state index contributed by atoms with van der Waals surface area (Å²) in [6.45, 7) is 1.51. The molecule has 2 unspecified atom stereocenters. The van der Waals surface area contributed by atoms with Crippen LogP contribution in [0.15, 0.2) is 43.0 Å². The smallest absolute Gasteiger partial charge is 0.328 e. The molecule has 3 atom stereocenters. The predicted octanol–water partition coefficient (Wildman–Crippen LogP) is 0.166. The number of carbonyl (C=O) groups is 3. The number of H-pyrrole nitrogens is 2. The van der Waals surface area contributed by atoms with Gasteiger partial charge >= 0.3 is 5.97 Å². The number of esters is 1. The van der Waals surface area contributed by atoms with Gasteiger partial charge in [-0.25, -0.2) is 9.78 Å². The number of nitrogens with two attached hydrogens (primary N) is 1. The Morgan fingerprint density at radius 2 is 1.90 bits per heavy atom. The van der Waals surface area contributed by atoms with E-state index in [0.717, 1.165) is 16.5 Å². The fraction of sp³-hybridized carbons (Fsp3) is 0.333. The van der Waals surface area contributed by atoms with Crippen molar-refractivity contribution in [2.24, 2.45) is 5.73 Å². The molecule has 0 bridgehead atoms. The molecule has 0 aliphatic rings. The zero-order chi connectivity index (χ0) is 22.4. The molecule has 0 aliphatic carbocycles. The summed E-state index contributed by atoms with van der Waals surface area (Å²) in [7, 11) is 1.24. The molecule has 2 amide bonds. The SMILES string of the molecule is COC(=O)C(C)NC(=O)[C@@H](Cc1c[nH]c2ccccc12)NC(=O)C(N)Cc1cnc[nH]1. The molecule has 2 heterocycles. The van der Waals surface area contributed by atoms with Crippen LogP contribution in [0.5, 0.6) is 0 Å². The highest BCUT2D eigenvalue weighted by molar-refractivity contribution is 5.93. The first-order chi connectivity index (χ1) is 14.9. The van der Waals surface area contributed by atoms with Crippen molar-refractivity contribution in [1.29, 1.82) is 0 Å². The number of rotatable bonds is 9. The van der Waals surface area contributed by atoms with E-state index in [-0.39, 0.29) is 12.8 Å². The van der Waals surface area contributed by atoms with Gasteiger partial charge in [-0.15, -0.1) is 0 Å². The molecule has 0 radical (unpaired) electrons. The third-order valence-corrected chi connectivity index (χ3v) is 4.98. The van der Waals surface area contributed by atoms with E-state index in [4.69, 9.17) is 5.73 Å². The minimum atomic E-state index is -0.938. The van der Waals surface area contributed by atoms with Crippen molar-refractivity contribution < 1.29 is 19.1 Å². The average Bonchev–Trinajstić information content (AvgIpc) is 3.42. The first-order valence-corrected chi connectivity index (χ1v) is 9.85. The van der Waals surface area contributed by atoms with Gasteiger partial charge in [0.05, 0.1) is 19.5 Å². The summed E-state index contributed by atoms with van der Waals surface area (Å²) < 4.78 is 4.66. The maximum absolute atomic E-state index is 12.9. The lowest BCUT2D eigenvalue weighted by Gasteiger charge is -2.22. The summed E-state index contributed by atoms with van der Waals surface area (Å²) in [6, 6.07) is 4.97. The van der Waals surface area contributed by atoms with Gasteiger partial charge in [0.25, 0.3) is 0 Å². The normalized spacial score (nSPS) is 13.9. The molecule has 10 heteroatoms. The lowest BCUT2D eigenvalue weighted by Crippen LogP contribution is -2.55. The van der Waals surface area contributed by atoms with Crippen molar-refractivity contribution in [3.05, 3.63) is 54.2 Å². The second-order valence-corrected chi connectivity index (χ2v) is 7.27. The van der Waals surface area contributed by atoms with Crippen molar-refractivity contribution in [2.75, 3.05) is 7.11 Å². The maximum atomic E-state index is 12.9. The van der Waals surface area contributed by atoms with Crippen LogP contribution in [0.2, 0.25) is 0 Å². The Morgan fingerprint density at radius 1 is 1.13 bits per heavy atom. The molecule has 3 rings (SSSR count). The summed E-state index contributed by atoms with van der Waals surface area (Å²) in [5, 5.41) is 6.25. The highest BCUT2D eigenvalue weighted by Gasteiger charge is 2.27. The molecule has 2 aromatic heterocycles. The zero-order valence-electron chi connectivity index (χ0n) is 17.3. The maximum Gasteiger partial charge on any atom is 0.328 e. The van der Waals surface area contributed by atoms with Crippen LogP contribution >= 0.6 is 0 Å². The van der Waals surface area contributed by atoms with Crippen LogP contribution in [0.1, 0.15) is 18.2 Å². The fourth-order valence-electron chi connectivity index (χ4n) is 3.28. The monoisotopic (exact) mass is 426 g/mol. The fourth-order valence-corrected chi connectivity index (χ4v) is 3.28. The van der Waals surface area contributed by atoms with E-state index in [0.29, 0.717) is 5.69 Å².